The van der Waals surface area contributed by atoms with E-state index in [2.05, 4.69) is 26.2 Å². The lowest BCUT2D eigenvalue weighted by molar-refractivity contribution is -0.384. The maximum Gasteiger partial charge on any atom is 0.339 e. The summed E-state index contributed by atoms with van der Waals surface area (Å²) in [6.45, 7) is 1.62. The first-order valence-corrected chi connectivity index (χ1v) is 6.54. The number of furan rings is 1. The summed E-state index contributed by atoms with van der Waals surface area (Å²) in [5.74, 6) is -0.383. The van der Waals surface area contributed by atoms with Gasteiger partial charge >= 0.3 is 11.7 Å². The van der Waals surface area contributed by atoms with Gasteiger partial charge in [-0.25, -0.2) is 9.78 Å². The monoisotopic (exact) mass is 355 g/mol. The van der Waals surface area contributed by atoms with Crippen LogP contribution in [-0.4, -0.2) is 21.0 Å². The molecule has 110 valence electrons. The highest BCUT2D eigenvalue weighted by molar-refractivity contribution is 9.10. The molecule has 2 aromatic heterocycles. The van der Waals surface area contributed by atoms with Gasteiger partial charge in [-0.15, -0.1) is 0 Å². The van der Waals surface area contributed by atoms with Crippen molar-refractivity contribution in [1.29, 1.82) is 0 Å². The summed E-state index contributed by atoms with van der Waals surface area (Å²) in [5, 5.41) is 22.6. The van der Waals surface area contributed by atoms with Crippen molar-refractivity contribution in [2.75, 3.05) is 5.32 Å². The Bertz CT molecular complexity index is 713. The van der Waals surface area contributed by atoms with Crippen LogP contribution >= 0.6 is 15.9 Å². The Balaban J connectivity index is 2.19. The zero-order chi connectivity index (χ0) is 15.6. The van der Waals surface area contributed by atoms with Gasteiger partial charge in [0.25, 0.3) is 0 Å². The van der Waals surface area contributed by atoms with E-state index in [0.717, 1.165) is 0 Å². The first-order valence-electron chi connectivity index (χ1n) is 5.75. The SMILES string of the molecule is Cc1oc(CNc2ncc(Br)cc2[N+](=O)[O-])cc1C(=O)O. The third-order valence-corrected chi connectivity index (χ3v) is 3.09. The molecule has 0 bridgehead atoms. The summed E-state index contributed by atoms with van der Waals surface area (Å²) in [7, 11) is 0. The minimum Gasteiger partial charge on any atom is -0.478 e. The van der Waals surface area contributed by atoms with Crippen LogP contribution in [0.3, 0.4) is 0 Å². The molecule has 8 nitrogen and oxygen atoms in total. The summed E-state index contributed by atoms with van der Waals surface area (Å²) in [6, 6.07) is 2.70. The Morgan fingerprint density at radius 1 is 1.57 bits per heavy atom. The van der Waals surface area contributed by atoms with Crippen molar-refractivity contribution in [3.8, 4) is 0 Å². The number of carboxylic acids is 1. The van der Waals surface area contributed by atoms with E-state index in [1.807, 2.05) is 0 Å². The summed E-state index contributed by atoms with van der Waals surface area (Å²) >= 11 is 3.11. The highest BCUT2D eigenvalue weighted by Gasteiger charge is 2.17. The molecular formula is C12H10BrN3O5. The minimum absolute atomic E-state index is 0.0602. The molecule has 21 heavy (non-hydrogen) atoms. The molecular weight excluding hydrogens is 346 g/mol. The average molecular weight is 356 g/mol. The number of nitrogens with zero attached hydrogens (tertiary/aromatic N) is 2. The number of anilines is 1. The van der Waals surface area contributed by atoms with Crippen molar-refractivity contribution in [3.63, 3.8) is 0 Å². The van der Waals surface area contributed by atoms with Crippen LogP contribution in [0.25, 0.3) is 0 Å². The molecule has 0 saturated heterocycles. The highest BCUT2D eigenvalue weighted by atomic mass is 79.9. The van der Waals surface area contributed by atoms with E-state index in [9.17, 15) is 14.9 Å². The van der Waals surface area contributed by atoms with Gasteiger partial charge in [0.15, 0.2) is 0 Å². The standard InChI is InChI=1S/C12H10BrN3O5/c1-6-9(12(17)18)3-8(21-6)5-15-11-10(16(19)20)2-7(13)4-14-11/h2-4H,5H2,1H3,(H,14,15)(H,17,18). The van der Waals surface area contributed by atoms with E-state index in [0.29, 0.717) is 10.2 Å². The number of nitrogens with one attached hydrogen (secondary N) is 1. The van der Waals surface area contributed by atoms with Crippen LogP contribution in [-0.2, 0) is 6.54 Å². The van der Waals surface area contributed by atoms with Gasteiger partial charge < -0.3 is 14.8 Å². The number of carbonyl (C=O) groups is 1. The molecule has 2 aromatic rings. The number of rotatable bonds is 5. The van der Waals surface area contributed by atoms with Crippen LogP contribution in [0.2, 0.25) is 0 Å². The number of aryl methyl sites for hydroxylation is 1. The second-order valence-corrected chi connectivity index (χ2v) is 5.04. The number of carboxylic acid groups (broad SMARTS) is 1. The molecule has 0 aromatic carbocycles. The number of hydrogen-bond donors (Lipinski definition) is 2. The molecule has 2 N–H and O–H groups in total. The maximum absolute atomic E-state index is 10.9. The van der Waals surface area contributed by atoms with Crippen molar-refractivity contribution in [2.45, 2.75) is 13.5 Å². The van der Waals surface area contributed by atoms with E-state index in [4.69, 9.17) is 9.52 Å². The zero-order valence-corrected chi connectivity index (χ0v) is 12.4. The molecule has 0 saturated carbocycles. The van der Waals surface area contributed by atoms with Crippen molar-refractivity contribution >= 4 is 33.4 Å². The predicted octanol–water partition coefficient (Wildman–Crippen LogP) is 2.96. The Hall–Kier alpha value is -2.42. The van der Waals surface area contributed by atoms with Gasteiger partial charge in [-0.2, -0.15) is 0 Å². The molecule has 0 aliphatic carbocycles. The lowest BCUT2D eigenvalue weighted by Crippen LogP contribution is -2.04. The van der Waals surface area contributed by atoms with Gasteiger partial charge in [-0.1, -0.05) is 0 Å². The molecule has 2 heterocycles. The maximum atomic E-state index is 10.9. The number of aromatic carboxylic acids is 1. The number of hydrogen-bond acceptors (Lipinski definition) is 6. The summed E-state index contributed by atoms with van der Waals surface area (Å²) in [4.78, 5) is 25.2. The summed E-state index contributed by atoms with van der Waals surface area (Å²) in [5.41, 5.74) is -0.129. The fraction of sp³-hybridized carbons (Fsp3) is 0.167. The first kappa shape index (κ1) is 15.0. The first-order chi connectivity index (χ1) is 9.88. The predicted molar refractivity (Wildman–Crippen MR) is 76.3 cm³/mol. The Morgan fingerprint density at radius 2 is 2.29 bits per heavy atom. The van der Waals surface area contributed by atoms with Gasteiger partial charge in [-0.05, 0) is 28.9 Å². The van der Waals surface area contributed by atoms with Crippen LogP contribution in [0, 0.1) is 17.0 Å². The molecule has 2 rings (SSSR count). The van der Waals surface area contributed by atoms with E-state index in [1.165, 1.54) is 25.3 Å². The van der Waals surface area contributed by atoms with Gasteiger partial charge in [0, 0.05) is 16.7 Å². The Labute approximate surface area is 127 Å². The summed E-state index contributed by atoms with van der Waals surface area (Å²) < 4.78 is 5.76. The van der Waals surface area contributed by atoms with Crippen LogP contribution in [0.5, 0.6) is 0 Å². The molecule has 0 aliphatic heterocycles. The zero-order valence-electron chi connectivity index (χ0n) is 10.8. The lowest BCUT2D eigenvalue weighted by Gasteiger charge is -2.04. The van der Waals surface area contributed by atoms with E-state index >= 15 is 0 Å². The fourth-order valence-corrected chi connectivity index (χ4v) is 2.04. The molecule has 0 amide bonds. The third kappa shape index (κ3) is 3.37. The molecule has 9 heteroatoms. The quantitative estimate of drug-likeness (QED) is 0.624. The lowest BCUT2D eigenvalue weighted by atomic mass is 10.2. The van der Waals surface area contributed by atoms with E-state index in [1.54, 1.807) is 0 Å². The van der Waals surface area contributed by atoms with Crippen LogP contribution in [0.15, 0.2) is 27.2 Å². The topological polar surface area (TPSA) is 119 Å². The smallest absolute Gasteiger partial charge is 0.339 e. The molecule has 0 radical (unpaired) electrons. The second-order valence-electron chi connectivity index (χ2n) is 4.12. The molecule has 0 unspecified atom stereocenters. The molecule has 0 spiro atoms. The van der Waals surface area contributed by atoms with Crippen molar-refractivity contribution in [3.05, 3.63) is 50.0 Å². The van der Waals surface area contributed by atoms with Crippen LogP contribution < -0.4 is 5.32 Å². The van der Waals surface area contributed by atoms with E-state index in [-0.39, 0.29) is 29.4 Å². The Kier molecular flexibility index (Phi) is 4.22. The van der Waals surface area contributed by atoms with Crippen LogP contribution in [0.1, 0.15) is 21.9 Å². The summed E-state index contributed by atoms with van der Waals surface area (Å²) in [6.07, 6.45) is 1.42. The van der Waals surface area contributed by atoms with Gasteiger partial charge in [0.1, 0.15) is 17.1 Å². The minimum atomic E-state index is -1.09. The molecule has 0 atom stereocenters. The largest absolute Gasteiger partial charge is 0.478 e. The number of nitro groups is 1. The van der Waals surface area contributed by atoms with Crippen molar-refractivity contribution in [2.24, 2.45) is 0 Å². The van der Waals surface area contributed by atoms with E-state index < -0.39 is 10.9 Å². The van der Waals surface area contributed by atoms with Crippen molar-refractivity contribution < 1.29 is 19.2 Å². The average Bonchev–Trinajstić information content (AvgIpc) is 2.78. The van der Waals surface area contributed by atoms with Gasteiger partial charge in [0.05, 0.1) is 11.5 Å². The fourth-order valence-electron chi connectivity index (χ4n) is 1.72. The second kappa shape index (κ2) is 5.92. The van der Waals surface area contributed by atoms with Gasteiger partial charge in [-0.3, -0.25) is 10.1 Å². The highest BCUT2D eigenvalue weighted by Crippen LogP contribution is 2.26. The Morgan fingerprint density at radius 3 is 2.86 bits per heavy atom. The molecule has 0 aliphatic rings. The van der Waals surface area contributed by atoms with Crippen LogP contribution in [0.4, 0.5) is 11.5 Å². The number of aromatic nitrogens is 1. The third-order valence-electron chi connectivity index (χ3n) is 2.66. The number of pyridine rings is 1. The van der Waals surface area contributed by atoms with Crippen molar-refractivity contribution in [1.82, 2.24) is 4.98 Å². The van der Waals surface area contributed by atoms with Gasteiger partial charge in [0.2, 0.25) is 5.82 Å². The number of halogens is 1. The molecule has 0 fully saturated rings. The normalized spacial score (nSPS) is 10.4.